The van der Waals surface area contributed by atoms with E-state index in [4.69, 9.17) is 11.5 Å². The van der Waals surface area contributed by atoms with E-state index >= 15 is 0 Å². The average Bonchev–Trinajstić information content (AvgIpc) is 2.16. The van der Waals surface area contributed by atoms with Crippen LogP contribution in [0, 0.1) is 11.7 Å². The van der Waals surface area contributed by atoms with Gasteiger partial charge in [-0.2, -0.15) is 0 Å². The lowest BCUT2D eigenvalue weighted by Gasteiger charge is -2.08. The van der Waals surface area contributed by atoms with E-state index in [2.05, 4.69) is 0 Å². The summed E-state index contributed by atoms with van der Waals surface area (Å²) in [5, 5.41) is 0. The highest BCUT2D eigenvalue weighted by Gasteiger charge is 2.16. The molecule has 6 heteroatoms. The fourth-order valence-corrected chi connectivity index (χ4v) is 2.47. The van der Waals surface area contributed by atoms with Crippen LogP contribution in [0.2, 0.25) is 0 Å². The number of primary amides is 1. The van der Waals surface area contributed by atoms with E-state index in [1.165, 1.54) is 12.1 Å². The monoisotopic (exact) mass is 244 g/mol. The first-order chi connectivity index (χ1) is 7.41. The van der Waals surface area contributed by atoms with E-state index in [0.29, 0.717) is 4.90 Å². The molecule has 0 aromatic heterocycles. The number of rotatable bonds is 4. The summed E-state index contributed by atoms with van der Waals surface area (Å²) in [7, 11) is -1.45. The zero-order valence-corrected chi connectivity index (χ0v) is 9.59. The lowest BCUT2D eigenvalue weighted by molar-refractivity contribution is -0.120. The van der Waals surface area contributed by atoms with Crippen LogP contribution < -0.4 is 11.5 Å². The molecule has 1 aromatic rings. The van der Waals surface area contributed by atoms with Crippen LogP contribution in [0.25, 0.3) is 0 Å². The Labute approximate surface area is 95.3 Å². The Balaban J connectivity index is 2.85. The van der Waals surface area contributed by atoms with Crippen LogP contribution in [-0.4, -0.2) is 15.9 Å². The summed E-state index contributed by atoms with van der Waals surface area (Å²) in [4.78, 5) is 11.1. The normalized spacial score (nSPS) is 14.4. The Hall–Kier alpha value is -1.43. The Morgan fingerprint density at radius 1 is 1.56 bits per heavy atom. The van der Waals surface area contributed by atoms with Gasteiger partial charge >= 0.3 is 0 Å². The number of hydrogen-bond donors (Lipinski definition) is 2. The van der Waals surface area contributed by atoms with Crippen molar-refractivity contribution < 1.29 is 13.4 Å². The molecular formula is C10H13FN2O2S. The number of halogens is 1. The van der Waals surface area contributed by atoms with Gasteiger partial charge in [0.1, 0.15) is 5.82 Å². The molecule has 1 rings (SSSR count). The maximum atomic E-state index is 12.7. The molecule has 1 aromatic carbocycles. The predicted octanol–water partition coefficient (Wildman–Crippen LogP) is 0.637. The van der Waals surface area contributed by atoms with Gasteiger partial charge in [0.15, 0.2) is 0 Å². The zero-order valence-electron chi connectivity index (χ0n) is 8.77. The van der Waals surface area contributed by atoms with E-state index in [9.17, 15) is 13.4 Å². The molecule has 0 spiro atoms. The van der Waals surface area contributed by atoms with Crippen molar-refractivity contribution in [3.05, 3.63) is 24.0 Å². The number of nitrogen functional groups attached to an aromatic ring is 1. The zero-order chi connectivity index (χ0) is 12.3. The van der Waals surface area contributed by atoms with Crippen molar-refractivity contribution in [1.29, 1.82) is 0 Å². The molecule has 0 saturated carbocycles. The molecule has 1 amide bonds. The quantitative estimate of drug-likeness (QED) is 0.762. The summed E-state index contributed by atoms with van der Waals surface area (Å²) in [6.45, 7) is 1.58. The first-order valence-electron chi connectivity index (χ1n) is 4.64. The van der Waals surface area contributed by atoms with Gasteiger partial charge in [-0.1, -0.05) is 6.92 Å². The molecule has 16 heavy (non-hydrogen) atoms. The van der Waals surface area contributed by atoms with E-state index < -0.39 is 28.4 Å². The summed E-state index contributed by atoms with van der Waals surface area (Å²) in [5.41, 5.74) is 10.7. The fourth-order valence-electron chi connectivity index (χ4n) is 1.13. The van der Waals surface area contributed by atoms with E-state index in [-0.39, 0.29) is 11.4 Å². The maximum Gasteiger partial charge on any atom is 0.221 e. The molecule has 0 radical (unpaired) electrons. The molecule has 0 aliphatic carbocycles. The minimum Gasteiger partial charge on any atom is -0.398 e. The van der Waals surface area contributed by atoms with Crippen LogP contribution in [0.15, 0.2) is 23.1 Å². The number of carbonyl (C=O) groups excluding carboxylic acids is 1. The largest absolute Gasteiger partial charge is 0.398 e. The third-order valence-corrected chi connectivity index (χ3v) is 3.77. The van der Waals surface area contributed by atoms with Crippen molar-refractivity contribution in [1.82, 2.24) is 0 Å². The summed E-state index contributed by atoms with van der Waals surface area (Å²) < 4.78 is 24.5. The van der Waals surface area contributed by atoms with Crippen LogP contribution in [0.3, 0.4) is 0 Å². The van der Waals surface area contributed by atoms with Gasteiger partial charge < -0.3 is 11.5 Å². The van der Waals surface area contributed by atoms with Gasteiger partial charge in [0.05, 0.1) is 21.4 Å². The van der Waals surface area contributed by atoms with Gasteiger partial charge in [-0.3, -0.25) is 9.00 Å². The topological polar surface area (TPSA) is 86.2 Å². The second-order valence-electron chi connectivity index (χ2n) is 3.50. The number of benzene rings is 1. The highest BCUT2D eigenvalue weighted by Crippen LogP contribution is 2.19. The van der Waals surface area contributed by atoms with Crippen molar-refractivity contribution in [3.63, 3.8) is 0 Å². The van der Waals surface area contributed by atoms with Gasteiger partial charge in [0.2, 0.25) is 5.91 Å². The lowest BCUT2D eigenvalue weighted by Crippen LogP contribution is -2.25. The molecule has 0 saturated heterocycles. The average molecular weight is 244 g/mol. The molecule has 0 aliphatic heterocycles. The van der Waals surface area contributed by atoms with Gasteiger partial charge in [-0.25, -0.2) is 4.39 Å². The Morgan fingerprint density at radius 3 is 2.69 bits per heavy atom. The van der Waals surface area contributed by atoms with Crippen LogP contribution >= 0.6 is 0 Å². The van der Waals surface area contributed by atoms with E-state index in [1.807, 2.05) is 0 Å². The fraction of sp³-hybridized carbons (Fsp3) is 0.300. The van der Waals surface area contributed by atoms with Crippen molar-refractivity contribution in [2.75, 3.05) is 11.5 Å². The highest BCUT2D eigenvalue weighted by molar-refractivity contribution is 7.85. The summed E-state index contributed by atoms with van der Waals surface area (Å²) >= 11 is 0. The molecule has 4 N–H and O–H groups in total. The Bertz CT molecular complexity index is 437. The Kier molecular flexibility index (Phi) is 4.00. The molecule has 88 valence electrons. The second-order valence-corrected chi connectivity index (χ2v) is 4.96. The molecular weight excluding hydrogens is 231 g/mol. The summed E-state index contributed by atoms with van der Waals surface area (Å²) in [5.74, 6) is -1.42. The molecule has 4 nitrogen and oxygen atoms in total. The van der Waals surface area contributed by atoms with Gasteiger partial charge in [0.25, 0.3) is 0 Å². The van der Waals surface area contributed by atoms with E-state index in [0.717, 1.165) is 6.07 Å². The summed E-state index contributed by atoms with van der Waals surface area (Å²) in [6, 6.07) is 3.63. The number of carbonyl (C=O) groups is 1. The standard InChI is InChI=1S/C10H13FN2O2S/c1-6(10(13)14)5-16(15)9-3-2-7(11)4-8(9)12/h2-4,6H,5,12H2,1H3,(H2,13,14). The summed E-state index contributed by atoms with van der Waals surface area (Å²) in [6.07, 6.45) is 0. The molecule has 2 atom stereocenters. The van der Waals surface area contributed by atoms with Crippen molar-refractivity contribution in [2.24, 2.45) is 11.7 Å². The van der Waals surface area contributed by atoms with Crippen molar-refractivity contribution in [3.8, 4) is 0 Å². The lowest BCUT2D eigenvalue weighted by atomic mass is 10.2. The molecule has 0 fully saturated rings. The maximum absolute atomic E-state index is 12.7. The van der Waals surface area contributed by atoms with Crippen LogP contribution in [0.1, 0.15) is 6.92 Å². The smallest absolute Gasteiger partial charge is 0.221 e. The third kappa shape index (κ3) is 3.03. The molecule has 0 bridgehead atoms. The first-order valence-corrected chi connectivity index (χ1v) is 5.96. The molecule has 2 unspecified atom stereocenters. The third-order valence-electron chi connectivity index (χ3n) is 2.10. The Morgan fingerprint density at radius 2 is 2.19 bits per heavy atom. The van der Waals surface area contributed by atoms with Gasteiger partial charge in [0, 0.05) is 11.7 Å². The number of hydrogen-bond acceptors (Lipinski definition) is 3. The number of nitrogens with two attached hydrogens (primary N) is 2. The highest BCUT2D eigenvalue weighted by atomic mass is 32.2. The van der Waals surface area contributed by atoms with E-state index in [1.54, 1.807) is 6.92 Å². The van der Waals surface area contributed by atoms with Gasteiger partial charge in [-0.05, 0) is 18.2 Å². The number of anilines is 1. The van der Waals surface area contributed by atoms with Gasteiger partial charge in [-0.15, -0.1) is 0 Å². The molecule has 0 heterocycles. The van der Waals surface area contributed by atoms with Crippen LogP contribution in [-0.2, 0) is 15.6 Å². The molecule has 0 aliphatic rings. The minimum absolute atomic E-state index is 0.0885. The first kappa shape index (κ1) is 12.6. The van der Waals surface area contributed by atoms with Crippen LogP contribution in [0.4, 0.5) is 10.1 Å². The second kappa shape index (κ2) is 5.07. The van der Waals surface area contributed by atoms with Crippen molar-refractivity contribution >= 4 is 22.4 Å². The minimum atomic E-state index is -1.45. The van der Waals surface area contributed by atoms with Crippen LogP contribution in [0.5, 0.6) is 0 Å². The number of amides is 1. The van der Waals surface area contributed by atoms with Crippen molar-refractivity contribution in [2.45, 2.75) is 11.8 Å². The SMILES string of the molecule is CC(CS(=O)c1ccc(F)cc1N)C(N)=O. The predicted molar refractivity (Wildman–Crippen MR) is 60.4 cm³/mol.